The Morgan fingerprint density at radius 1 is 1.11 bits per heavy atom. The van der Waals surface area contributed by atoms with Crippen molar-refractivity contribution in [3.63, 3.8) is 0 Å². The molecule has 1 saturated heterocycles. The van der Waals surface area contributed by atoms with E-state index in [4.69, 9.17) is 4.63 Å². The SMILES string of the molecule is Cc1cccc(CCN2CCC(C(=O)c3ccc4nonc4c3)CC2)n1.Cl.Cl. The Kier molecular flexibility index (Phi) is 7.92. The van der Waals surface area contributed by atoms with Crippen LogP contribution in [0, 0.1) is 12.8 Å². The van der Waals surface area contributed by atoms with Crippen LogP contribution in [0.2, 0.25) is 0 Å². The van der Waals surface area contributed by atoms with Crippen LogP contribution in [-0.4, -0.2) is 45.6 Å². The van der Waals surface area contributed by atoms with E-state index in [0.29, 0.717) is 16.6 Å². The predicted octanol–water partition coefficient (Wildman–Crippen LogP) is 3.91. The molecule has 0 N–H and O–H groups in total. The first-order chi connectivity index (χ1) is 12.7. The first kappa shape index (κ1) is 22.3. The highest BCUT2D eigenvalue weighted by Crippen LogP contribution is 2.23. The number of Topliss-reactive ketones (excluding diaryl/α,β-unsaturated/α-hetero) is 1. The van der Waals surface area contributed by atoms with E-state index in [2.05, 4.69) is 32.3 Å². The Labute approximate surface area is 176 Å². The number of aryl methyl sites for hydroxylation is 1. The van der Waals surface area contributed by atoms with Crippen LogP contribution >= 0.6 is 24.8 Å². The fraction of sp³-hybridized carbons (Fsp3) is 0.400. The normalized spacial score (nSPS) is 15.0. The molecule has 3 heterocycles. The van der Waals surface area contributed by atoms with Gasteiger partial charge in [-0.05, 0) is 73.5 Å². The second-order valence-electron chi connectivity index (χ2n) is 6.97. The minimum absolute atomic E-state index is 0. The van der Waals surface area contributed by atoms with E-state index in [9.17, 15) is 4.79 Å². The fourth-order valence-electron chi connectivity index (χ4n) is 3.60. The third-order valence-electron chi connectivity index (χ3n) is 5.13. The zero-order valence-electron chi connectivity index (χ0n) is 15.7. The molecule has 3 aromatic rings. The van der Waals surface area contributed by atoms with Gasteiger partial charge in [0.05, 0.1) is 0 Å². The van der Waals surface area contributed by atoms with Gasteiger partial charge in [-0.15, -0.1) is 24.8 Å². The molecular weight excluding hydrogens is 399 g/mol. The Morgan fingerprint density at radius 2 is 1.86 bits per heavy atom. The second-order valence-corrected chi connectivity index (χ2v) is 6.97. The molecule has 0 unspecified atom stereocenters. The molecule has 0 radical (unpaired) electrons. The van der Waals surface area contributed by atoms with Crippen LogP contribution in [-0.2, 0) is 6.42 Å². The molecule has 0 atom stereocenters. The first-order valence-electron chi connectivity index (χ1n) is 9.10. The molecule has 6 nitrogen and oxygen atoms in total. The lowest BCUT2D eigenvalue weighted by atomic mass is 9.88. The highest BCUT2D eigenvalue weighted by Gasteiger charge is 2.26. The molecule has 1 aliphatic rings. The third-order valence-corrected chi connectivity index (χ3v) is 5.13. The number of fused-ring (bicyclic) bond motifs is 1. The van der Waals surface area contributed by atoms with Crippen LogP contribution in [0.25, 0.3) is 11.0 Å². The molecule has 1 aromatic carbocycles. The quantitative estimate of drug-likeness (QED) is 0.580. The summed E-state index contributed by atoms with van der Waals surface area (Å²) in [5.41, 5.74) is 4.22. The van der Waals surface area contributed by atoms with E-state index in [1.54, 1.807) is 12.1 Å². The van der Waals surface area contributed by atoms with Gasteiger partial charge in [0.25, 0.3) is 0 Å². The summed E-state index contributed by atoms with van der Waals surface area (Å²) in [6.45, 7) is 4.92. The van der Waals surface area contributed by atoms with Crippen molar-refractivity contribution in [2.45, 2.75) is 26.2 Å². The molecule has 0 saturated carbocycles. The Bertz CT molecular complexity index is 923. The van der Waals surface area contributed by atoms with Gasteiger partial charge in [-0.1, -0.05) is 6.07 Å². The molecule has 0 aliphatic carbocycles. The molecule has 0 spiro atoms. The summed E-state index contributed by atoms with van der Waals surface area (Å²) < 4.78 is 4.71. The highest BCUT2D eigenvalue weighted by molar-refractivity contribution is 6.00. The number of pyridine rings is 1. The van der Waals surface area contributed by atoms with Crippen molar-refractivity contribution in [3.05, 3.63) is 53.3 Å². The summed E-state index contributed by atoms with van der Waals surface area (Å²) in [4.78, 5) is 19.8. The summed E-state index contributed by atoms with van der Waals surface area (Å²) in [6, 6.07) is 11.6. The fourth-order valence-corrected chi connectivity index (χ4v) is 3.60. The van der Waals surface area contributed by atoms with Crippen LogP contribution in [0.3, 0.4) is 0 Å². The number of benzene rings is 1. The monoisotopic (exact) mass is 422 g/mol. The number of rotatable bonds is 5. The van der Waals surface area contributed by atoms with Crippen molar-refractivity contribution in [3.8, 4) is 0 Å². The largest absolute Gasteiger partial charge is 0.303 e. The second kappa shape index (κ2) is 9.96. The van der Waals surface area contributed by atoms with E-state index in [1.807, 2.05) is 19.1 Å². The molecule has 2 aromatic heterocycles. The lowest BCUT2D eigenvalue weighted by Crippen LogP contribution is -2.37. The van der Waals surface area contributed by atoms with Gasteiger partial charge in [0.15, 0.2) is 5.78 Å². The Hall–Kier alpha value is -2.02. The molecule has 0 amide bonds. The number of carbonyl (C=O) groups is 1. The Balaban J connectivity index is 0.00000140. The minimum Gasteiger partial charge on any atom is -0.303 e. The topological polar surface area (TPSA) is 72.1 Å². The van der Waals surface area contributed by atoms with Crippen LogP contribution in [0.1, 0.15) is 34.6 Å². The number of halogens is 2. The summed E-state index contributed by atoms with van der Waals surface area (Å²) in [5.74, 6) is 0.288. The van der Waals surface area contributed by atoms with Gasteiger partial charge in [-0.3, -0.25) is 9.78 Å². The molecular formula is C20H24Cl2N4O2. The molecule has 1 fully saturated rings. The highest BCUT2D eigenvalue weighted by atomic mass is 35.5. The van der Waals surface area contributed by atoms with Crippen LogP contribution in [0.4, 0.5) is 0 Å². The maximum atomic E-state index is 12.8. The van der Waals surface area contributed by atoms with E-state index in [0.717, 1.165) is 50.3 Å². The molecule has 1 aliphatic heterocycles. The predicted molar refractivity (Wildman–Crippen MR) is 112 cm³/mol. The van der Waals surface area contributed by atoms with Crippen molar-refractivity contribution >= 4 is 41.6 Å². The summed E-state index contributed by atoms with van der Waals surface area (Å²) in [6.07, 6.45) is 2.75. The number of likely N-dealkylation sites (tertiary alicyclic amines) is 1. The first-order valence-corrected chi connectivity index (χ1v) is 9.10. The number of hydrogen-bond donors (Lipinski definition) is 0. The zero-order valence-corrected chi connectivity index (χ0v) is 17.3. The Morgan fingerprint density at radius 3 is 2.61 bits per heavy atom. The standard InChI is InChI=1S/C20H22N4O2.2ClH/c1-14-3-2-4-17(21-14)9-12-24-10-7-15(8-11-24)20(25)16-5-6-18-19(13-16)23-26-22-18;;/h2-6,13,15H,7-12H2,1H3;2*1H. The number of carbonyl (C=O) groups excluding carboxylic acids is 1. The lowest BCUT2D eigenvalue weighted by Gasteiger charge is -2.31. The van der Waals surface area contributed by atoms with Crippen molar-refractivity contribution in [1.82, 2.24) is 20.2 Å². The van der Waals surface area contributed by atoms with Gasteiger partial charge in [-0.25, -0.2) is 4.63 Å². The van der Waals surface area contributed by atoms with Crippen molar-refractivity contribution < 1.29 is 9.42 Å². The number of nitrogens with zero attached hydrogens (tertiary/aromatic N) is 4. The smallest absolute Gasteiger partial charge is 0.166 e. The van der Waals surface area contributed by atoms with Gasteiger partial charge in [0.2, 0.25) is 0 Å². The van der Waals surface area contributed by atoms with E-state index in [1.165, 1.54) is 0 Å². The van der Waals surface area contributed by atoms with Crippen LogP contribution in [0.5, 0.6) is 0 Å². The number of piperidine rings is 1. The molecule has 8 heteroatoms. The number of aromatic nitrogens is 3. The minimum atomic E-state index is 0. The maximum Gasteiger partial charge on any atom is 0.166 e. The molecule has 0 bridgehead atoms. The number of ketones is 1. The lowest BCUT2D eigenvalue weighted by molar-refractivity contribution is 0.0841. The third kappa shape index (κ3) is 5.07. The average Bonchev–Trinajstić information content (AvgIpc) is 3.14. The molecule has 4 rings (SSSR count). The van der Waals surface area contributed by atoms with E-state index in [-0.39, 0.29) is 36.5 Å². The summed E-state index contributed by atoms with van der Waals surface area (Å²) in [5, 5.41) is 7.61. The van der Waals surface area contributed by atoms with Gasteiger partial charge < -0.3 is 4.90 Å². The number of hydrogen-bond acceptors (Lipinski definition) is 6. The van der Waals surface area contributed by atoms with Gasteiger partial charge in [-0.2, -0.15) is 0 Å². The van der Waals surface area contributed by atoms with Gasteiger partial charge in [0.1, 0.15) is 11.0 Å². The van der Waals surface area contributed by atoms with Gasteiger partial charge in [0, 0.05) is 35.8 Å². The summed E-state index contributed by atoms with van der Waals surface area (Å²) >= 11 is 0. The maximum absolute atomic E-state index is 12.8. The van der Waals surface area contributed by atoms with Crippen LogP contribution < -0.4 is 0 Å². The molecule has 150 valence electrons. The average molecular weight is 423 g/mol. The van der Waals surface area contributed by atoms with E-state index < -0.39 is 0 Å². The van der Waals surface area contributed by atoms with Gasteiger partial charge >= 0.3 is 0 Å². The summed E-state index contributed by atoms with van der Waals surface area (Å²) in [7, 11) is 0. The van der Waals surface area contributed by atoms with E-state index >= 15 is 0 Å². The van der Waals surface area contributed by atoms with Crippen molar-refractivity contribution in [2.75, 3.05) is 19.6 Å². The zero-order chi connectivity index (χ0) is 17.9. The van der Waals surface area contributed by atoms with Crippen LogP contribution in [0.15, 0.2) is 41.0 Å². The molecule has 28 heavy (non-hydrogen) atoms. The van der Waals surface area contributed by atoms with Crippen molar-refractivity contribution in [1.29, 1.82) is 0 Å². The van der Waals surface area contributed by atoms with Crippen molar-refractivity contribution in [2.24, 2.45) is 5.92 Å².